The first kappa shape index (κ1) is 12.6. The second-order valence-corrected chi connectivity index (χ2v) is 3.94. The maximum absolute atomic E-state index is 10.6. The zero-order valence-corrected chi connectivity index (χ0v) is 9.95. The Morgan fingerprint density at radius 2 is 2.06 bits per heavy atom. The van der Waals surface area contributed by atoms with E-state index in [0.717, 1.165) is 10.5 Å². The average Bonchev–Trinajstić information content (AvgIpc) is 2.30. The first-order valence-corrected chi connectivity index (χ1v) is 5.88. The molecule has 0 unspecified atom stereocenters. The molecule has 0 atom stereocenters. The van der Waals surface area contributed by atoms with Gasteiger partial charge in [0.1, 0.15) is 12.3 Å². The van der Waals surface area contributed by atoms with E-state index in [-0.39, 0.29) is 6.61 Å². The van der Waals surface area contributed by atoms with E-state index in [1.54, 1.807) is 11.8 Å². The van der Waals surface area contributed by atoms with E-state index in [0.29, 0.717) is 5.71 Å². The largest absolute Gasteiger partial charge is 0.459 e. The molecule has 0 saturated heterocycles. The summed E-state index contributed by atoms with van der Waals surface area (Å²) in [6, 6.07) is 7.48. The normalized spacial score (nSPS) is 11.2. The zero-order valence-electron chi connectivity index (χ0n) is 9.14. The van der Waals surface area contributed by atoms with Crippen molar-refractivity contribution in [2.75, 3.05) is 12.9 Å². The molecular weight excluding hydrogens is 226 g/mol. The Labute approximate surface area is 98.3 Å². The Hall–Kier alpha value is -1.49. The molecule has 0 aliphatic carbocycles. The van der Waals surface area contributed by atoms with Crippen molar-refractivity contribution in [1.29, 1.82) is 0 Å². The standard InChI is InChI=1S/C11H13NO3S/c1-8(13)15-7-11(12-14)9-3-5-10(16-2)6-4-9/h3-6,14H,7H2,1-2H3. The predicted octanol–water partition coefficient (Wildman–Crippen LogP) is 2.15. The van der Waals surface area contributed by atoms with Gasteiger partial charge in [0.2, 0.25) is 0 Å². The van der Waals surface area contributed by atoms with Crippen LogP contribution < -0.4 is 0 Å². The molecule has 0 bridgehead atoms. The molecule has 5 heteroatoms. The second-order valence-electron chi connectivity index (χ2n) is 3.06. The molecule has 0 heterocycles. The fourth-order valence-corrected chi connectivity index (χ4v) is 1.53. The third-order valence-corrected chi connectivity index (χ3v) is 2.70. The first-order chi connectivity index (χ1) is 7.67. The van der Waals surface area contributed by atoms with E-state index < -0.39 is 5.97 Å². The quantitative estimate of drug-likeness (QED) is 0.287. The molecule has 0 radical (unpaired) electrons. The Bertz CT molecular complexity index is 387. The summed E-state index contributed by atoms with van der Waals surface area (Å²) in [6.45, 7) is 1.29. The molecule has 0 spiro atoms. The van der Waals surface area contributed by atoms with E-state index in [2.05, 4.69) is 5.16 Å². The summed E-state index contributed by atoms with van der Waals surface area (Å²) in [6.07, 6.45) is 1.98. The summed E-state index contributed by atoms with van der Waals surface area (Å²) >= 11 is 1.63. The highest BCUT2D eigenvalue weighted by Gasteiger charge is 2.06. The van der Waals surface area contributed by atoms with Gasteiger partial charge in [0.15, 0.2) is 0 Å². The third-order valence-electron chi connectivity index (χ3n) is 1.96. The van der Waals surface area contributed by atoms with Crippen LogP contribution in [0.4, 0.5) is 0 Å². The smallest absolute Gasteiger partial charge is 0.303 e. The Morgan fingerprint density at radius 3 is 2.50 bits per heavy atom. The Morgan fingerprint density at radius 1 is 1.44 bits per heavy atom. The van der Waals surface area contributed by atoms with Crippen LogP contribution in [-0.2, 0) is 9.53 Å². The van der Waals surface area contributed by atoms with Gasteiger partial charge in [-0.25, -0.2) is 0 Å². The number of thioether (sulfide) groups is 1. The maximum atomic E-state index is 10.6. The molecule has 0 aliphatic heterocycles. The van der Waals surface area contributed by atoms with Gasteiger partial charge in [-0.2, -0.15) is 0 Å². The first-order valence-electron chi connectivity index (χ1n) is 4.66. The lowest BCUT2D eigenvalue weighted by Gasteiger charge is -2.05. The number of nitrogens with zero attached hydrogens (tertiary/aromatic N) is 1. The number of ether oxygens (including phenoxy) is 1. The molecule has 0 amide bonds. The van der Waals surface area contributed by atoms with Gasteiger partial charge in [0.25, 0.3) is 0 Å². The molecular formula is C11H13NO3S. The lowest BCUT2D eigenvalue weighted by Crippen LogP contribution is -2.13. The van der Waals surface area contributed by atoms with Gasteiger partial charge in [-0.15, -0.1) is 11.8 Å². The van der Waals surface area contributed by atoms with Crippen LogP contribution in [0.15, 0.2) is 34.3 Å². The van der Waals surface area contributed by atoms with E-state index >= 15 is 0 Å². The lowest BCUT2D eigenvalue weighted by atomic mass is 10.1. The van der Waals surface area contributed by atoms with Crippen LogP contribution in [0.3, 0.4) is 0 Å². The lowest BCUT2D eigenvalue weighted by molar-refractivity contribution is -0.139. The molecule has 0 fully saturated rings. The van der Waals surface area contributed by atoms with Crippen LogP contribution >= 0.6 is 11.8 Å². The summed E-state index contributed by atoms with van der Waals surface area (Å²) in [7, 11) is 0. The van der Waals surface area contributed by atoms with Crippen LogP contribution in [0.25, 0.3) is 0 Å². The number of rotatable bonds is 4. The number of benzene rings is 1. The van der Waals surface area contributed by atoms with Crippen molar-refractivity contribution in [1.82, 2.24) is 0 Å². The molecule has 0 aliphatic rings. The number of hydrogen-bond donors (Lipinski definition) is 1. The molecule has 1 aromatic carbocycles. The molecule has 0 saturated carbocycles. The Kier molecular flexibility index (Phi) is 4.85. The third kappa shape index (κ3) is 3.58. The van der Waals surface area contributed by atoms with Crippen molar-refractivity contribution in [3.8, 4) is 0 Å². The molecule has 1 N–H and O–H groups in total. The predicted molar refractivity (Wildman–Crippen MR) is 63.2 cm³/mol. The van der Waals surface area contributed by atoms with E-state index in [1.807, 2.05) is 30.5 Å². The minimum Gasteiger partial charge on any atom is -0.459 e. The van der Waals surface area contributed by atoms with Crippen molar-refractivity contribution in [2.24, 2.45) is 5.16 Å². The fraction of sp³-hybridized carbons (Fsp3) is 0.273. The monoisotopic (exact) mass is 239 g/mol. The zero-order chi connectivity index (χ0) is 12.0. The SMILES string of the molecule is CSc1ccc(C(COC(C)=O)=NO)cc1. The van der Waals surface area contributed by atoms with Crippen LogP contribution in [0, 0.1) is 0 Å². The van der Waals surface area contributed by atoms with Crippen molar-refractivity contribution in [3.63, 3.8) is 0 Å². The van der Waals surface area contributed by atoms with E-state index in [4.69, 9.17) is 9.94 Å². The number of oxime groups is 1. The Balaban J connectivity index is 2.75. The van der Waals surface area contributed by atoms with Gasteiger partial charge in [-0.3, -0.25) is 4.79 Å². The second kappa shape index (κ2) is 6.17. The van der Waals surface area contributed by atoms with Gasteiger partial charge in [0.05, 0.1) is 0 Å². The summed E-state index contributed by atoms with van der Waals surface area (Å²) < 4.78 is 4.77. The molecule has 16 heavy (non-hydrogen) atoms. The van der Waals surface area contributed by atoms with Crippen LogP contribution in [0.5, 0.6) is 0 Å². The topological polar surface area (TPSA) is 58.9 Å². The highest BCUT2D eigenvalue weighted by atomic mass is 32.2. The van der Waals surface area contributed by atoms with E-state index in [1.165, 1.54) is 6.92 Å². The maximum Gasteiger partial charge on any atom is 0.303 e. The minimum atomic E-state index is -0.401. The molecule has 1 aromatic rings. The molecule has 4 nitrogen and oxygen atoms in total. The summed E-state index contributed by atoms with van der Waals surface area (Å²) in [5.41, 5.74) is 1.07. The van der Waals surface area contributed by atoms with Crippen LogP contribution in [-0.4, -0.2) is 29.8 Å². The summed E-state index contributed by atoms with van der Waals surface area (Å²) in [5.74, 6) is -0.401. The summed E-state index contributed by atoms with van der Waals surface area (Å²) in [4.78, 5) is 11.8. The van der Waals surface area contributed by atoms with Gasteiger partial charge in [0, 0.05) is 17.4 Å². The van der Waals surface area contributed by atoms with Crippen molar-refractivity contribution in [3.05, 3.63) is 29.8 Å². The number of esters is 1. The molecule has 1 rings (SSSR count). The van der Waals surface area contributed by atoms with Gasteiger partial charge in [-0.1, -0.05) is 17.3 Å². The number of carbonyl (C=O) groups excluding carboxylic acids is 1. The molecule has 0 aromatic heterocycles. The highest BCUT2D eigenvalue weighted by molar-refractivity contribution is 7.98. The van der Waals surface area contributed by atoms with Crippen molar-refractivity contribution in [2.45, 2.75) is 11.8 Å². The molecule has 86 valence electrons. The highest BCUT2D eigenvalue weighted by Crippen LogP contribution is 2.15. The van der Waals surface area contributed by atoms with Gasteiger partial charge < -0.3 is 9.94 Å². The van der Waals surface area contributed by atoms with Crippen molar-refractivity contribution >= 4 is 23.4 Å². The number of hydrogen-bond acceptors (Lipinski definition) is 5. The minimum absolute atomic E-state index is 0.0234. The number of carbonyl (C=O) groups is 1. The van der Waals surface area contributed by atoms with Crippen LogP contribution in [0.2, 0.25) is 0 Å². The fourth-order valence-electron chi connectivity index (χ4n) is 1.12. The van der Waals surface area contributed by atoms with Crippen LogP contribution in [0.1, 0.15) is 12.5 Å². The van der Waals surface area contributed by atoms with Crippen molar-refractivity contribution < 1.29 is 14.7 Å². The summed E-state index contributed by atoms with van der Waals surface area (Å²) in [5, 5.41) is 11.9. The van der Waals surface area contributed by atoms with Gasteiger partial charge >= 0.3 is 5.97 Å². The van der Waals surface area contributed by atoms with Gasteiger partial charge in [-0.05, 0) is 18.4 Å². The van der Waals surface area contributed by atoms with E-state index in [9.17, 15) is 4.79 Å². The average molecular weight is 239 g/mol.